The molecule has 0 spiro atoms. The second-order valence-electron chi connectivity index (χ2n) is 10.3. The van der Waals surface area contributed by atoms with Gasteiger partial charge in [0.2, 0.25) is 0 Å². The van der Waals surface area contributed by atoms with E-state index in [2.05, 4.69) is 21.7 Å². The first-order valence-corrected chi connectivity index (χ1v) is 14.6. The van der Waals surface area contributed by atoms with E-state index in [0.29, 0.717) is 36.5 Å². The number of carbonyl (C=O) groups excluding carboxylic acids is 2. The number of nitrogens with zero attached hydrogens (tertiary/aromatic N) is 1. The number of carboxylic acids is 1. The molecule has 1 aliphatic heterocycles. The van der Waals surface area contributed by atoms with Gasteiger partial charge in [-0.25, -0.2) is 9.78 Å². The Morgan fingerprint density at radius 2 is 1.88 bits per heavy atom. The Morgan fingerprint density at radius 1 is 1.07 bits per heavy atom. The number of benzene rings is 2. The van der Waals surface area contributed by atoms with Crippen LogP contribution in [0.1, 0.15) is 68.3 Å². The van der Waals surface area contributed by atoms with Gasteiger partial charge in [-0.05, 0) is 78.7 Å². The number of ether oxygens (including phenoxy) is 1. The standard InChI is InChI=1S/C32H32N4O5S/c1-4-10-34-31(38)26-8-6-21(28(35-26)32(39)40)22-15-27-24(29-20(9-11-42-29)13-18(3)41-27)14-23(22)30(37)36-25-7-5-19(16-33)12-17(25)2/h5-9,11-12,14-15,18H,4,10,13,16,33H2,1-3H3,(H,34,38)(H,36,37)(H,39,40). The minimum absolute atomic E-state index is 0.0194. The highest BCUT2D eigenvalue weighted by Crippen LogP contribution is 2.44. The highest BCUT2D eigenvalue weighted by atomic mass is 32.1. The van der Waals surface area contributed by atoms with E-state index >= 15 is 0 Å². The summed E-state index contributed by atoms with van der Waals surface area (Å²) in [6.45, 7) is 6.59. The average molecular weight is 585 g/mol. The predicted octanol–water partition coefficient (Wildman–Crippen LogP) is 5.66. The Hall–Kier alpha value is -4.54. The molecule has 1 unspecified atom stereocenters. The summed E-state index contributed by atoms with van der Waals surface area (Å²) < 4.78 is 6.30. The third kappa shape index (κ3) is 5.77. The van der Waals surface area contributed by atoms with Gasteiger partial charge in [0.1, 0.15) is 17.5 Å². The fraction of sp³-hybridized carbons (Fsp3) is 0.250. The number of rotatable bonds is 8. The zero-order valence-corrected chi connectivity index (χ0v) is 24.4. The largest absolute Gasteiger partial charge is 0.490 e. The molecule has 216 valence electrons. The van der Waals surface area contributed by atoms with Crippen LogP contribution in [0.2, 0.25) is 0 Å². The Kier molecular flexibility index (Phi) is 8.37. The molecule has 9 nitrogen and oxygen atoms in total. The second kappa shape index (κ2) is 12.1. The molecule has 5 rings (SSSR count). The van der Waals surface area contributed by atoms with Crippen molar-refractivity contribution >= 4 is 34.8 Å². The van der Waals surface area contributed by atoms with E-state index in [4.69, 9.17) is 10.5 Å². The van der Waals surface area contributed by atoms with E-state index in [9.17, 15) is 19.5 Å². The summed E-state index contributed by atoms with van der Waals surface area (Å²) in [6, 6.07) is 14.1. The van der Waals surface area contributed by atoms with E-state index in [1.54, 1.807) is 29.5 Å². The molecule has 2 aromatic carbocycles. The van der Waals surface area contributed by atoms with Gasteiger partial charge in [-0.3, -0.25) is 9.59 Å². The Balaban J connectivity index is 1.68. The summed E-state index contributed by atoms with van der Waals surface area (Å²) in [5, 5.41) is 17.9. The lowest BCUT2D eigenvalue weighted by Crippen LogP contribution is -2.25. The van der Waals surface area contributed by atoms with Crippen molar-refractivity contribution in [2.45, 2.75) is 46.3 Å². The SMILES string of the molecule is CCCNC(=O)c1ccc(-c2cc3c(cc2C(=O)Nc2ccc(CN)cc2C)-c2sccc2CC(C)O3)c(C(=O)O)n1. The Bertz CT molecular complexity index is 1700. The molecule has 42 heavy (non-hydrogen) atoms. The molecule has 3 heterocycles. The summed E-state index contributed by atoms with van der Waals surface area (Å²) >= 11 is 1.56. The maximum Gasteiger partial charge on any atom is 0.355 e. The van der Waals surface area contributed by atoms with Crippen molar-refractivity contribution in [1.82, 2.24) is 10.3 Å². The van der Waals surface area contributed by atoms with Crippen molar-refractivity contribution in [3.63, 3.8) is 0 Å². The predicted molar refractivity (Wildman–Crippen MR) is 163 cm³/mol. The molecule has 1 aliphatic rings. The molecule has 0 fully saturated rings. The Labute approximate surface area is 247 Å². The van der Waals surface area contributed by atoms with Crippen LogP contribution in [0.25, 0.3) is 21.6 Å². The highest BCUT2D eigenvalue weighted by Gasteiger charge is 2.28. The number of hydrogen-bond acceptors (Lipinski definition) is 7. The second-order valence-corrected chi connectivity index (χ2v) is 11.2. The lowest BCUT2D eigenvalue weighted by molar-refractivity contribution is 0.0691. The topological polar surface area (TPSA) is 144 Å². The van der Waals surface area contributed by atoms with Gasteiger partial charge < -0.3 is 26.2 Å². The van der Waals surface area contributed by atoms with Crippen LogP contribution in [0.4, 0.5) is 5.69 Å². The van der Waals surface area contributed by atoms with Crippen molar-refractivity contribution in [2.75, 3.05) is 11.9 Å². The lowest BCUT2D eigenvalue weighted by Gasteiger charge is -2.19. The number of anilines is 1. The fourth-order valence-electron chi connectivity index (χ4n) is 5.04. The molecule has 0 saturated carbocycles. The summed E-state index contributed by atoms with van der Waals surface area (Å²) in [6.07, 6.45) is 1.28. The number of carbonyl (C=O) groups is 3. The van der Waals surface area contributed by atoms with Gasteiger partial charge >= 0.3 is 5.97 Å². The first-order chi connectivity index (χ1) is 20.2. The Morgan fingerprint density at radius 3 is 2.60 bits per heavy atom. The van der Waals surface area contributed by atoms with Gasteiger partial charge in [-0.1, -0.05) is 19.1 Å². The van der Waals surface area contributed by atoms with Gasteiger partial charge in [-0.15, -0.1) is 11.3 Å². The summed E-state index contributed by atoms with van der Waals surface area (Å²) in [4.78, 5) is 44.2. The molecule has 1 atom stereocenters. The number of nitrogens with two attached hydrogens (primary N) is 1. The van der Waals surface area contributed by atoms with Gasteiger partial charge in [-0.2, -0.15) is 0 Å². The number of aromatic nitrogens is 1. The van der Waals surface area contributed by atoms with Gasteiger partial charge in [0, 0.05) is 52.3 Å². The van der Waals surface area contributed by atoms with Crippen LogP contribution in [0.15, 0.2) is 53.9 Å². The molecule has 0 radical (unpaired) electrons. The van der Waals surface area contributed by atoms with Gasteiger partial charge in [0.15, 0.2) is 5.69 Å². The lowest BCUT2D eigenvalue weighted by atomic mass is 9.93. The van der Waals surface area contributed by atoms with E-state index in [1.165, 1.54) is 12.1 Å². The zero-order valence-electron chi connectivity index (χ0n) is 23.6. The van der Waals surface area contributed by atoms with Crippen molar-refractivity contribution in [3.8, 4) is 27.3 Å². The average Bonchev–Trinajstić information content (AvgIpc) is 3.38. The van der Waals surface area contributed by atoms with E-state index in [-0.39, 0.29) is 28.6 Å². The normalized spacial score (nSPS) is 13.8. The van der Waals surface area contributed by atoms with E-state index < -0.39 is 17.8 Å². The molecular weight excluding hydrogens is 552 g/mol. The summed E-state index contributed by atoms with van der Waals surface area (Å²) in [5.74, 6) is -1.67. The number of aryl methyl sites for hydroxylation is 1. The van der Waals surface area contributed by atoms with Crippen LogP contribution in [0, 0.1) is 6.92 Å². The first kappa shape index (κ1) is 29.0. The maximum absolute atomic E-state index is 14.0. The number of pyridine rings is 1. The molecule has 10 heteroatoms. The molecule has 0 aliphatic carbocycles. The molecule has 2 amide bonds. The minimum atomic E-state index is -1.32. The van der Waals surface area contributed by atoms with Crippen molar-refractivity contribution in [2.24, 2.45) is 5.73 Å². The third-order valence-corrected chi connectivity index (χ3v) is 8.11. The summed E-state index contributed by atoms with van der Waals surface area (Å²) in [5.41, 5.74) is 10.5. The number of thiophene rings is 1. The quantitative estimate of drug-likeness (QED) is 0.209. The maximum atomic E-state index is 14.0. The molecular formula is C32H32N4O5S. The molecule has 5 N–H and O–H groups in total. The third-order valence-electron chi connectivity index (χ3n) is 7.12. The van der Waals surface area contributed by atoms with Gasteiger partial charge in [0.25, 0.3) is 11.8 Å². The van der Waals surface area contributed by atoms with Crippen molar-refractivity contribution in [3.05, 3.63) is 87.6 Å². The van der Waals surface area contributed by atoms with Crippen LogP contribution in [0.5, 0.6) is 5.75 Å². The van der Waals surface area contributed by atoms with Crippen LogP contribution in [-0.2, 0) is 13.0 Å². The highest BCUT2D eigenvalue weighted by molar-refractivity contribution is 7.13. The molecule has 0 saturated heterocycles. The van der Waals surface area contributed by atoms with Crippen LogP contribution in [0.3, 0.4) is 0 Å². The number of hydrogen-bond donors (Lipinski definition) is 4. The van der Waals surface area contributed by atoms with Crippen molar-refractivity contribution in [1.29, 1.82) is 0 Å². The molecule has 2 aromatic heterocycles. The number of amides is 2. The first-order valence-electron chi connectivity index (χ1n) is 13.7. The van der Waals surface area contributed by atoms with E-state index in [1.807, 2.05) is 38.3 Å². The fourth-order valence-corrected chi connectivity index (χ4v) is 6.00. The number of fused-ring (bicyclic) bond motifs is 3. The van der Waals surface area contributed by atoms with Crippen LogP contribution >= 0.6 is 11.3 Å². The van der Waals surface area contributed by atoms with E-state index in [0.717, 1.165) is 33.6 Å². The number of nitrogens with one attached hydrogen (secondary N) is 2. The van der Waals surface area contributed by atoms with Crippen LogP contribution in [-0.4, -0.2) is 40.5 Å². The number of aromatic carboxylic acids is 1. The summed E-state index contributed by atoms with van der Waals surface area (Å²) in [7, 11) is 0. The van der Waals surface area contributed by atoms with Crippen LogP contribution < -0.4 is 21.1 Å². The molecule has 0 bridgehead atoms. The van der Waals surface area contributed by atoms with Gasteiger partial charge in [0.05, 0.1) is 0 Å². The van der Waals surface area contributed by atoms with Crippen molar-refractivity contribution < 1.29 is 24.2 Å². The number of carboxylic acid groups (broad SMARTS) is 1. The monoisotopic (exact) mass is 584 g/mol. The zero-order chi connectivity index (χ0) is 30.0. The minimum Gasteiger partial charge on any atom is -0.490 e. The smallest absolute Gasteiger partial charge is 0.355 e. The molecule has 4 aromatic rings.